The van der Waals surface area contributed by atoms with E-state index in [4.69, 9.17) is 10.5 Å². The van der Waals surface area contributed by atoms with Gasteiger partial charge in [-0.05, 0) is 31.7 Å². The first-order chi connectivity index (χ1) is 15.2. The van der Waals surface area contributed by atoms with Crippen LogP contribution in [0, 0.1) is 5.92 Å². The highest BCUT2D eigenvalue weighted by Crippen LogP contribution is 2.24. The third-order valence-corrected chi connectivity index (χ3v) is 6.21. The van der Waals surface area contributed by atoms with Gasteiger partial charge in [-0.25, -0.2) is 4.98 Å². The molecule has 1 aliphatic carbocycles. The van der Waals surface area contributed by atoms with E-state index in [1.807, 2.05) is 6.07 Å². The lowest BCUT2D eigenvalue weighted by Gasteiger charge is -2.33. The highest BCUT2D eigenvalue weighted by Gasteiger charge is 2.26. The van der Waals surface area contributed by atoms with Crippen molar-refractivity contribution >= 4 is 41.7 Å². The highest BCUT2D eigenvalue weighted by molar-refractivity contribution is 14.0. The molecule has 0 radical (unpaired) electrons. The summed E-state index contributed by atoms with van der Waals surface area (Å²) in [5, 5.41) is 6.71. The van der Waals surface area contributed by atoms with E-state index < -0.39 is 0 Å². The minimum absolute atomic E-state index is 0. The Balaban J connectivity index is 0.00000363. The molecule has 8 nitrogen and oxygen atoms in total. The fourth-order valence-corrected chi connectivity index (χ4v) is 4.46. The molecule has 1 atom stereocenters. The Kier molecular flexibility index (Phi) is 12.1. The van der Waals surface area contributed by atoms with Crippen LogP contribution in [0.3, 0.4) is 0 Å². The number of nitrogens with zero attached hydrogens (tertiary/aromatic N) is 3. The number of aromatic nitrogens is 1. The molecule has 1 aromatic heterocycles. The molecule has 9 heteroatoms. The second-order valence-corrected chi connectivity index (χ2v) is 8.51. The Morgan fingerprint density at radius 3 is 2.72 bits per heavy atom. The van der Waals surface area contributed by atoms with Crippen molar-refractivity contribution in [1.82, 2.24) is 15.6 Å². The number of hydrogen-bond donors (Lipinski definition) is 3. The normalized spacial score (nSPS) is 20.2. The molecule has 1 aromatic rings. The van der Waals surface area contributed by atoms with E-state index in [-0.39, 0.29) is 35.8 Å². The lowest BCUT2D eigenvalue weighted by Crippen LogP contribution is -2.42. The number of hydrogen-bond acceptors (Lipinski definition) is 5. The smallest absolute Gasteiger partial charge is 0.222 e. The predicted molar refractivity (Wildman–Crippen MR) is 139 cm³/mol. The topological polar surface area (TPSA) is 105 Å². The molecule has 180 valence electrons. The van der Waals surface area contributed by atoms with E-state index >= 15 is 0 Å². The van der Waals surface area contributed by atoms with Gasteiger partial charge in [-0.2, -0.15) is 0 Å². The van der Waals surface area contributed by atoms with E-state index in [9.17, 15) is 4.79 Å². The van der Waals surface area contributed by atoms with Crippen molar-refractivity contribution in [2.75, 3.05) is 38.2 Å². The Bertz CT molecular complexity index is 724. The Hall–Kier alpha value is -1.62. The Morgan fingerprint density at radius 2 is 2.00 bits per heavy atom. The number of nitrogens with one attached hydrogen (secondary N) is 2. The standard InChI is InChI=1S/C23H38N6O2.HI/c1-25-23(27-13-15-31-20-10-4-2-3-5-11-20)28-16-18-8-6-12-26-22(18)29-14-7-9-19(17-29)21(24)30;/h6,8,12,19-20H,2-5,7,9-11,13-17H2,1H3,(H2,24,30)(H2,25,27,28);1H. The van der Waals surface area contributed by atoms with Crippen molar-refractivity contribution in [2.24, 2.45) is 16.6 Å². The number of piperidine rings is 1. The maximum Gasteiger partial charge on any atom is 0.222 e. The number of carbonyl (C=O) groups excluding carboxylic acids is 1. The molecular formula is C23H39IN6O2. The number of ether oxygens (including phenoxy) is 1. The molecule has 1 saturated heterocycles. The summed E-state index contributed by atoms with van der Waals surface area (Å²) in [6.45, 7) is 3.53. The maximum atomic E-state index is 11.6. The number of nitrogens with two attached hydrogens (primary N) is 1. The van der Waals surface area contributed by atoms with Crippen molar-refractivity contribution in [2.45, 2.75) is 64.0 Å². The van der Waals surface area contributed by atoms with Crippen LogP contribution in [0.5, 0.6) is 0 Å². The van der Waals surface area contributed by atoms with Gasteiger partial charge in [0.1, 0.15) is 5.82 Å². The van der Waals surface area contributed by atoms with Crippen molar-refractivity contribution in [1.29, 1.82) is 0 Å². The molecule has 2 aliphatic rings. The third kappa shape index (κ3) is 8.38. The van der Waals surface area contributed by atoms with Gasteiger partial charge in [-0.15, -0.1) is 24.0 Å². The minimum atomic E-state index is -0.226. The van der Waals surface area contributed by atoms with E-state index in [1.165, 1.54) is 38.5 Å². The van der Waals surface area contributed by atoms with E-state index in [1.54, 1.807) is 13.2 Å². The monoisotopic (exact) mass is 558 g/mol. The van der Waals surface area contributed by atoms with E-state index in [0.717, 1.165) is 43.3 Å². The molecular weight excluding hydrogens is 519 g/mol. The molecule has 0 spiro atoms. The molecule has 1 unspecified atom stereocenters. The molecule has 0 bridgehead atoms. The van der Waals surface area contributed by atoms with E-state index in [2.05, 4.69) is 31.6 Å². The molecule has 2 heterocycles. The summed E-state index contributed by atoms with van der Waals surface area (Å²) in [4.78, 5) is 22.7. The number of pyridine rings is 1. The van der Waals surface area contributed by atoms with E-state index in [0.29, 0.717) is 25.8 Å². The van der Waals surface area contributed by atoms with Crippen LogP contribution in [0.1, 0.15) is 56.9 Å². The zero-order valence-corrected chi connectivity index (χ0v) is 21.6. The summed E-state index contributed by atoms with van der Waals surface area (Å²) < 4.78 is 6.05. The van der Waals surface area contributed by atoms with Crippen molar-refractivity contribution in [3.63, 3.8) is 0 Å². The second-order valence-electron chi connectivity index (χ2n) is 8.51. The van der Waals surface area contributed by atoms with Gasteiger partial charge in [0.05, 0.1) is 18.6 Å². The number of aliphatic imine (C=N–C) groups is 1. The average molecular weight is 559 g/mol. The number of rotatable bonds is 8. The summed E-state index contributed by atoms with van der Waals surface area (Å²) in [5.41, 5.74) is 6.62. The molecule has 1 amide bonds. The van der Waals surface area contributed by atoms with Crippen LogP contribution in [0.2, 0.25) is 0 Å². The van der Waals surface area contributed by atoms with Crippen LogP contribution in [0.4, 0.5) is 5.82 Å². The summed E-state index contributed by atoms with van der Waals surface area (Å²) in [5.74, 6) is 1.32. The highest BCUT2D eigenvalue weighted by atomic mass is 127. The average Bonchev–Trinajstić information content (AvgIpc) is 3.08. The quantitative estimate of drug-likeness (QED) is 0.149. The lowest BCUT2D eigenvalue weighted by molar-refractivity contribution is -0.122. The zero-order valence-electron chi connectivity index (χ0n) is 19.2. The first-order valence-corrected chi connectivity index (χ1v) is 11.7. The molecule has 4 N–H and O–H groups in total. The minimum Gasteiger partial charge on any atom is -0.376 e. The Labute approximate surface area is 209 Å². The van der Waals surface area contributed by atoms with Gasteiger partial charge in [0.2, 0.25) is 5.91 Å². The predicted octanol–water partition coefficient (Wildman–Crippen LogP) is 2.81. The SMILES string of the molecule is CN=C(NCCOC1CCCCCC1)NCc1cccnc1N1CCCC(C(N)=O)C1.I. The first-order valence-electron chi connectivity index (χ1n) is 11.7. The Morgan fingerprint density at radius 1 is 1.22 bits per heavy atom. The number of primary amides is 1. The van der Waals surface area contributed by atoms with Gasteiger partial charge in [-0.3, -0.25) is 9.79 Å². The summed E-state index contributed by atoms with van der Waals surface area (Å²) >= 11 is 0. The van der Waals surface area contributed by atoms with Crippen LogP contribution in [-0.2, 0) is 16.1 Å². The third-order valence-electron chi connectivity index (χ3n) is 6.21. The second kappa shape index (κ2) is 14.5. The van der Waals surface area contributed by atoms with Gasteiger partial charge in [-0.1, -0.05) is 31.7 Å². The maximum absolute atomic E-state index is 11.6. The van der Waals surface area contributed by atoms with Crippen molar-refractivity contribution < 1.29 is 9.53 Å². The first kappa shape index (κ1) is 26.6. The zero-order chi connectivity index (χ0) is 21.9. The largest absolute Gasteiger partial charge is 0.376 e. The molecule has 1 aliphatic heterocycles. The van der Waals surface area contributed by atoms with Crippen molar-refractivity contribution in [3.05, 3.63) is 23.9 Å². The number of halogens is 1. The fourth-order valence-electron chi connectivity index (χ4n) is 4.46. The number of anilines is 1. The van der Waals surface area contributed by atoms with Gasteiger partial charge in [0.15, 0.2) is 5.96 Å². The molecule has 1 saturated carbocycles. The fraction of sp³-hybridized carbons (Fsp3) is 0.696. The van der Waals surface area contributed by atoms with Crippen LogP contribution in [0.15, 0.2) is 23.3 Å². The number of guanidine groups is 1. The van der Waals surface area contributed by atoms with Gasteiger partial charge < -0.3 is 26.0 Å². The van der Waals surface area contributed by atoms with Gasteiger partial charge >= 0.3 is 0 Å². The van der Waals surface area contributed by atoms with Crippen LogP contribution in [0.25, 0.3) is 0 Å². The molecule has 3 rings (SSSR count). The number of amides is 1. The van der Waals surface area contributed by atoms with Crippen molar-refractivity contribution in [3.8, 4) is 0 Å². The van der Waals surface area contributed by atoms with Crippen LogP contribution < -0.4 is 21.3 Å². The van der Waals surface area contributed by atoms with Crippen LogP contribution >= 0.6 is 24.0 Å². The summed E-state index contributed by atoms with van der Waals surface area (Å²) in [7, 11) is 1.77. The van der Waals surface area contributed by atoms with Gasteiger partial charge in [0, 0.05) is 45.0 Å². The molecule has 32 heavy (non-hydrogen) atoms. The lowest BCUT2D eigenvalue weighted by atomic mass is 9.97. The molecule has 0 aromatic carbocycles. The summed E-state index contributed by atoms with van der Waals surface area (Å²) in [6, 6.07) is 4.00. The number of carbonyl (C=O) groups is 1. The molecule has 2 fully saturated rings. The van der Waals surface area contributed by atoms with Crippen LogP contribution in [-0.4, -0.2) is 56.2 Å². The summed E-state index contributed by atoms with van der Waals surface area (Å²) in [6.07, 6.45) is 11.6. The van der Waals surface area contributed by atoms with Gasteiger partial charge in [0.25, 0.3) is 0 Å².